The lowest BCUT2D eigenvalue weighted by Crippen LogP contribution is -2.50. The van der Waals surface area contributed by atoms with Crippen LogP contribution in [-0.4, -0.2) is 40.8 Å². The molecule has 1 aliphatic rings. The number of urea groups is 1. The predicted molar refractivity (Wildman–Crippen MR) is 75.0 cm³/mol. The van der Waals surface area contributed by atoms with E-state index >= 15 is 0 Å². The van der Waals surface area contributed by atoms with E-state index in [1.54, 1.807) is 6.07 Å². The van der Waals surface area contributed by atoms with Gasteiger partial charge in [0.2, 0.25) is 0 Å². The minimum absolute atomic E-state index is 0.0142. The van der Waals surface area contributed by atoms with E-state index in [1.807, 2.05) is 6.92 Å². The van der Waals surface area contributed by atoms with Crippen molar-refractivity contribution in [2.45, 2.75) is 38.5 Å². The first kappa shape index (κ1) is 15.2. The van der Waals surface area contributed by atoms with Gasteiger partial charge in [-0.15, -0.1) is 0 Å². The maximum absolute atomic E-state index is 11.7. The molecule has 0 aliphatic heterocycles. The molecule has 1 fully saturated rings. The third kappa shape index (κ3) is 4.42. The van der Waals surface area contributed by atoms with E-state index in [0.717, 1.165) is 18.4 Å². The molecule has 114 valence electrons. The summed E-state index contributed by atoms with van der Waals surface area (Å²) in [7, 11) is 0. The van der Waals surface area contributed by atoms with E-state index < -0.39 is 5.97 Å². The SMILES string of the molecule is CCOC1CC(NC(=O)NCc2ccc(C(=O)O)nc2)C1. The van der Waals surface area contributed by atoms with Crippen LogP contribution in [0.2, 0.25) is 0 Å². The van der Waals surface area contributed by atoms with Gasteiger partial charge in [0, 0.05) is 25.4 Å². The zero-order valence-electron chi connectivity index (χ0n) is 11.8. The maximum atomic E-state index is 11.7. The second kappa shape index (κ2) is 7.03. The molecule has 1 aromatic rings. The molecule has 3 N–H and O–H groups in total. The number of carboxylic acids is 1. The Morgan fingerprint density at radius 2 is 2.19 bits per heavy atom. The number of amides is 2. The van der Waals surface area contributed by atoms with E-state index in [0.29, 0.717) is 13.2 Å². The van der Waals surface area contributed by atoms with Crippen molar-refractivity contribution in [3.63, 3.8) is 0 Å². The Balaban J connectivity index is 1.68. The Hall–Kier alpha value is -2.15. The molecular formula is C14H19N3O4. The average molecular weight is 293 g/mol. The number of nitrogens with zero attached hydrogens (tertiary/aromatic N) is 1. The number of carbonyl (C=O) groups is 2. The molecule has 2 rings (SSSR count). The normalized spacial score (nSPS) is 20.4. The molecule has 0 atom stereocenters. The number of ether oxygens (including phenoxy) is 1. The first-order valence-electron chi connectivity index (χ1n) is 6.92. The lowest BCUT2D eigenvalue weighted by molar-refractivity contribution is -0.00709. The summed E-state index contributed by atoms with van der Waals surface area (Å²) in [4.78, 5) is 26.1. The van der Waals surface area contributed by atoms with Crippen LogP contribution in [0, 0.1) is 0 Å². The van der Waals surface area contributed by atoms with Gasteiger partial charge in [0.25, 0.3) is 0 Å². The Kier molecular flexibility index (Phi) is 5.10. The molecule has 1 saturated carbocycles. The summed E-state index contributed by atoms with van der Waals surface area (Å²) in [5.41, 5.74) is 0.732. The van der Waals surface area contributed by atoms with Crippen molar-refractivity contribution in [3.8, 4) is 0 Å². The van der Waals surface area contributed by atoms with Crippen molar-refractivity contribution in [2.75, 3.05) is 6.61 Å². The van der Waals surface area contributed by atoms with Gasteiger partial charge in [0.1, 0.15) is 5.69 Å². The number of nitrogens with one attached hydrogen (secondary N) is 2. The molecule has 0 aromatic carbocycles. The lowest BCUT2D eigenvalue weighted by atomic mass is 9.89. The molecule has 0 radical (unpaired) electrons. The molecule has 7 heteroatoms. The lowest BCUT2D eigenvalue weighted by Gasteiger charge is -2.35. The highest BCUT2D eigenvalue weighted by molar-refractivity contribution is 5.85. The number of carboxylic acid groups (broad SMARTS) is 1. The number of hydrogen-bond acceptors (Lipinski definition) is 4. The Labute approximate surface area is 122 Å². The molecule has 7 nitrogen and oxygen atoms in total. The third-order valence-corrected chi connectivity index (χ3v) is 3.33. The highest BCUT2D eigenvalue weighted by Crippen LogP contribution is 2.22. The highest BCUT2D eigenvalue weighted by atomic mass is 16.5. The number of carbonyl (C=O) groups excluding carboxylic acids is 1. The number of aromatic carboxylic acids is 1. The van der Waals surface area contributed by atoms with Gasteiger partial charge in [-0.25, -0.2) is 14.6 Å². The zero-order valence-corrected chi connectivity index (χ0v) is 11.8. The van der Waals surface area contributed by atoms with E-state index in [4.69, 9.17) is 9.84 Å². The quantitative estimate of drug-likeness (QED) is 0.730. The fourth-order valence-electron chi connectivity index (χ4n) is 2.13. The molecule has 0 bridgehead atoms. The van der Waals surface area contributed by atoms with Crippen LogP contribution in [0.25, 0.3) is 0 Å². The number of pyridine rings is 1. The first-order valence-corrected chi connectivity index (χ1v) is 6.92. The number of hydrogen-bond donors (Lipinski definition) is 3. The number of aromatic nitrogens is 1. The molecule has 1 heterocycles. The number of rotatable bonds is 6. The van der Waals surface area contributed by atoms with E-state index in [9.17, 15) is 9.59 Å². The van der Waals surface area contributed by atoms with Crippen molar-refractivity contribution in [2.24, 2.45) is 0 Å². The van der Waals surface area contributed by atoms with E-state index in [1.165, 1.54) is 12.3 Å². The van der Waals surface area contributed by atoms with Crippen LogP contribution in [0.3, 0.4) is 0 Å². The second-order valence-electron chi connectivity index (χ2n) is 4.93. The van der Waals surface area contributed by atoms with Crippen LogP contribution in [-0.2, 0) is 11.3 Å². The molecular weight excluding hydrogens is 274 g/mol. The van der Waals surface area contributed by atoms with Crippen LogP contribution in [0.1, 0.15) is 35.8 Å². The second-order valence-corrected chi connectivity index (χ2v) is 4.93. The molecule has 0 unspecified atom stereocenters. The average Bonchev–Trinajstić information content (AvgIpc) is 2.43. The van der Waals surface area contributed by atoms with Crippen LogP contribution in [0.5, 0.6) is 0 Å². The summed E-state index contributed by atoms with van der Waals surface area (Å²) in [6.07, 6.45) is 3.39. The van der Waals surface area contributed by atoms with Gasteiger partial charge in [0.05, 0.1) is 6.10 Å². The molecule has 1 aromatic heterocycles. The molecule has 21 heavy (non-hydrogen) atoms. The van der Waals surface area contributed by atoms with Gasteiger partial charge in [-0.2, -0.15) is 0 Å². The third-order valence-electron chi connectivity index (χ3n) is 3.33. The maximum Gasteiger partial charge on any atom is 0.354 e. The zero-order chi connectivity index (χ0) is 15.2. The minimum Gasteiger partial charge on any atom is -0.477 e. The van der Waals surface area contributed by atoms with Gasteiger partial charge in [-0.1, -0.05) is 6.07 Å². The van der Waals surface area contributed by atoms with E-state index in [-0.39, 0.29) is 23.9 Å². The Morgan fingerprint density at radius 3 is 2.76 bits per heavy atom. The molecule has 0 saturated heterocycles. The van der Waals surface area contributed by atoms with Crippen molar-refractivity contribution in [1.29, 1.82) is 0 Å². The van der Waals surface area contributed by atoms with Crippen LogP contribution in [0.4, 0.5) is 4.79 Å². The molecule has 1 aliphatic carbocycles. The minimum atomic E-state index is -1.07. The fourth-order valence-corrected chi connectivity index (χ4v) is 2.13. The van der Waals surface area contributed by atoms with Gasteiger partial charge >= 0.3 is 12.0 Å². The summed E-state index contributed by atoms with van der Waals surface area (Å²) in [5.74, 6) is -1.07. The molecule has 0 spiro atoms. The predicted octanol–water partition coefficient (Wildman–Crippen LogP) is 1.15. The smallest absolute Gasteiger partial charge is 0.354 e. The Bertz CT molecular complexity index is 497. The highest BCUT2D eigenvalue weighted by Gasteiger charge is 2.30. The summed E-state index contributed by atoms with van der Waals surface area (Å²) in [6, 6.07) is 2.97. The first-order chi connectivity index (χ1) is 10.1. The van der Waals surface area contributed by atoms with Crippen molar-refractivity contribution < 1.29 is 19.4 Å². The topological polar surface area (TPSA) is 101 Å². The van der Waals surface area contributed by atoms with Crippen LogP contribution < -0.4 is 10.6 Å². The monoisotopic (exact) mass is 293 g/mol. The fraction of sp³-hybridized carbons (Fsp3) is 0.500. The van der Waals surface area contributed by atoms with Gasteiger partial charge < -0.3 is 20.5 Å². The van der Waals surface area contributed by atoms with Gasteiger partial charge in [0.15, 0.2) is 0 Å². The summed E-state index contributed by atoms with van der Waals surface area (Å²) in [5, 5.41) is 14.3. The summed E-state index contributed by atoms with van der Waals surface area (Å²) >= 11 is 0. The van der Waals surface area contributed by atoms with E-state index in [2.05, 4.69) is 15.6 Å². The van der Waals surface area contributed by atoms with Crippen LogP contribution >= 0.6 is 0 Å². The Morgan fingerprint density at radius 1 is 1.43 bits per heavy atom. The standard InChI is InChI=1S/C14H19N3O4/c1-2-21-11-5-10(6-11)17-14(20)16-8-9-3-4-12(13(18)19)15-7-9/h3-4,7,10-11H,2,5-6,8H2,1H3,(H,18,19)(H2,16,17,20). The van der Waals surface area contributed by atoms with Crippen molar-refractivity contribution in [1.82, 2.24) is 15.6 Å². The van der Waals surface area contributed by atoms with Gasteiger partial charge in [-0.05, 0) is 31.4 Å². The van der Waals surface area contributed by atoms with Crippen molar-refractivity contribution in [3.05, 3.63) is 29.6 Å². The largest absolute Gasteiger partial charge is 0.477 e. The summed E-state index contributed by atoms with van der Waals surface area (Å²) in [6.45, 7) is 2.96. The van der Waals surface area contributed by atoms with Crippen LogP contribution in [0.15, 0.2) is 18.3 Å². The van der Waals surface area contributed by atoms with Gasteiger partial charge in [-0.3, -0.25) is 0 Å². The molecule has 2 amide bonds. The van der Waals surface area contributed by atoms with Crippen molar-refractivity contribution >= 4 is 12.0 Å². The summed E-state index contributed by atoms with van der Waals surface area (Å²) < 4.78 is 5.42.